The van der Waals surface area contributed by atoms with Gasteiger partial charge in [0.1, 0.15) is 0 Å². The molecule has 1 aliphatic heterocycles. The molecule has 1 amide bonds. The van der Waals surface area contributed by atoms with E-state index < -0.39 is 0 Å². The fourth-order valence-electron chi connectivity index (χ4n) is 2.81. The molecule has 0 unspecified atom stereocenters. The number of carbonyl (C=O) groups excluding carboxylic acids is 1. The van der Waals surface area contributed by atoms with Crippen molar-refractivity contribution < 1.29 is 10.0 Å². The molecule has 1 aromatic heterocycles. The van der Waals surface area contributed by atoms with Gasteiger partial charge in [-0.15, -0.1) is 5.10 Å². The Morgan fingerprint density at radius 3 is 3.04 bits per heavy atom. The van der Waals surface area contributed by atoms with E-state index in [9.17, 15) is 10.0 Å². The second kappa shape index (κ2) is 6.50. The summed E-state index contributed by atoms with van der Waals surface area (Å²) < 4.78 is 0. The second-order valence-corrected chi connectivity index (χ2v) is 5.50. The minimum atomic E-state index is -0.277. The maximum Gasteiger partial charge on any atom is 0.276 e. The normalized spacial score (nSPS) is 16.9. The molecule has 3 rings (SSSR count). The lowest BCUT2D eigenvalue weighted by Gasteiger charge is -2.28. The van der Waals surface area contributed by atoms with Gasteiger partial charge >= 0.3 is 0 Å². The first-order chi connectivity index (χ1) is 11.2. The van der Waals surface area contributed by atoms with Gasteiger partial charge in [0.05, 0.1) is 17.8 Å². The predicted octanol–water partition coefficient (Wildman–Crippen LogP) is 0.996. The van der Waals surface area contributed by atoms with Gasteiger partial charge in [0.2, 0.25) is 0 Å². The summed E-state index contributed by atoms with van der Waals surface area (Å²) in [7, 11) is 0. The van der Waals surface area contributed by atoms with Gasteiger partial charge in [-0.1, -0.05) is 17.0 Å². The van der Waals surface area contributed by atoms with Gasteiger partial charge in [-0.25, -0.2) is 0 Å². The summed E-state index contributed by atoms with van der Waals surface area (Å²) in [6, 6.07) is 10.8. The molecule has 7 heteroatoms. The molecule has 1 saturated heterocycles. The number of rotatable bonds is 4. The summed E-state index contributed by atoms with van der Waals surface area (Å²) in [4.78, 5) is 15.1. The van der Waals surface area contributed by atoms with Gasteiger partial charge < -0.3 is 15.4 Å². The molecule has 0 saturated carbocycles. The van der Waals surface area contributed by atoms with Crippen molar-refractivity contribution in [3.05, 3.63) is 53.3 Å². The van der Waals surface area contributed by atoms with Crippen LogP contribution < -0.4 is 5.32 Å². The first kappa shape index (κ1) is 15.1. The fraction of sp³-hybridized carbons (Fsp3) is 0.312. The van der Waals surface area contributed by atoms with Crippen LogP contribution in [0, 0.1) is 11.3 Å². The van der Waals surface area contributed by atoms with Gasteiger partial charge in [0, 0.05) is 19.1 Å². The third kappa shape index (κ3) is 3.17. The highest BCUT2D eigenvalue weighted by Crippen LogP contribution is 2.17. The lowest BCUT2D eigenvalue weighted by molar-refractivity contribution is 0.0603. The Morgan fingerprint density at radius 1 is 1.52 bits per heavy atom. The number of hydrogen-bond donors (Lipinski definition) is 2. The molecule has 118 valence electrons. The van der Waals surface area contributed by atoms with Crippen LogP contribution in [0.1, 0.15) is 28.0 Å². The number of nitrogens with one attached hydrogen (secondary N) is 1. The van der Waals surface area contributed by atoms with E-state index >= 15 is 0 Å². The number of benzene rings is 1. The van der Waals surface area contributed by atoms with Gasteiger partial charge in [-0.3, -0.25) is 4.79 Å². The molecule has 0 bridgehead atoms. The zero-order chi connectivity index (χ0) is 16.2. The second-order valence-electron chi connectivity index (χ2n) is 5.50. The lowest BCUT2D eigenvalue weighted by Crippen LogP contribution is -2.41. The van der Waals surface area contributed by atoms with E-state index in [-0.39, 0.29) is 17.6 Å². The average molecular weight is 311 g/mol. The molecule has 1 atom stereocenters. The van der Waals surface area contributed by atoms with Crippen LogP contribution in [0.4, 0.5) is 0 Å². The maximum atomic E-state index is 12.8. The Balaban J connectivity index is 1.88. The first-order valence-electron chi connectivity index (χ1n) is 7.43. The number of nitrogens with zero attached hydrogens (tertiary/aromatic N) is 4. The van der Waals surface area contributed by atoms with Crippen LogP contribution >= 0.6 is 0 Å². The van der Waals surface area contributed by atoms with E-state index in [0.29, 0.717) is 23.5 Å². The Morgan fingerprint density at radius 2 is 2.39 bits per heavy atom. The third-order valence-corrected chi connectivity index (χ3v) is 3.99. The van der Waals surface area contributed by atoms with Crippen LogP contribution in [0.5, 0.6) is 0 Å². The number of amides is 1. The molecule has 0 radical (unpaired) electrons. The summed E-state index contributed by atoms with van der Waals surface area (Å²) in [6.07, 6.45) is 2.23. The Hall–Kier alpha value is -2.85. The molecular formula is C16H17N5O2. The molecule has 2 heterocycles. The van der Waals surface area contributed by atoms with E-state index in [1.165, 1.54) is 12.3 Å². The van der Waals surface area contributed by atoms with Crippen LogP contribution in [0.3, 0.4) is 0 Å². The molecule has 2 aromatic rings. The molecule has 0 spiro atoms. The highest BCUT2D eigenvalue weighted by atomic mass is 16.5. The van der Waals surface area contributed by atoms with Crippen molar-refractivity contribution in [1.82, 2.24) is 20.2 Å². The number of hydrogen-bond acceptors (Lipinski definition) is 5. The zero-order valence-electron chi connectivity index (χ0n) is 12.5. The smallest absolute Gasteiger partial charge is 0.276 e. The quantitative estimate of drug-likeness (QED) is 0.821. The van der Waals surface area contributed by atoms with Crippen molar-refractivity contribution in [2.24, 2.45) is 0 Å². The Kier molecular flexibility index (Phi) is 4.26. The molecule has 2 N–H and O–H groups in total. The van der Waals surface area contributed by atoms with E-state index in [2.05, 4.69) is 16.5 Å². The van der Waals surface area contributed by atoms with Gasteiger partial charge in [-0.05, 0) is 36.7 Å². The molecule has 23 heavy (non-hydrogen) atoms. The van der Waals surface area contributed by atoms with Crippen LogP contribution in [0.2, 0.25) is 0 Å². The topological polar surface area (TPSA) is 94.2 Å². The van der Waals surface area contributed by atoms with Gasteiger partial charge in [0.25, 0.3) is 5.91 Å². The summed E-state index contributed by atoms with van der Waals surface area (Å²) in [5.74, 6) is -0.277. The molecule has 1 aliphatic rings. The lowest BCUT2D eigenvalue weighted by atomic mass is 10.1. The zero-order valence-corrected chi connectivity index (χ0v) is 12.5. The molecule has 7 nitrogen and oxygen atoms in total. The SMILES string of the molecule is N#Cc1cccc(CN(C(=O)c2ccnn2O)[C@H]2CCNC2)c1. The maximum absolute atomic E-state index is 12.8. The fourth-order valence-corrected chi connectivity index (χ4v) is 2.81. The monoisotopic (exact) mass is 311 g/mol. The summed E-state index contributed by atoms with van der Waals surface area (Å²) in [5, 5.41) is 25.6. The predicted molar refractivity (Wildman–Crippen MR) is 81.7 cm³/mol. The molecule has 0 aliphatic carbocycles. The van der Waals surface area contributed by atoms with Gasteiger partial charge in [0.15, 0.2) is 5.69 Å². The van der Waals surface area contributed by atoms with Crippen molar-refractivity contribution in [3.63, 3.8) is 0 Å². The van der Waals surface area contributed by atoms with Crippen molar-refractivity contribution in [1.29, 1.82) is 5.26 Å². The van der Waals surface area contributed by atoms with Crippen molar-refractivity contribution >= 4 is 5.91 Å². The number of carbonyl (C=O) groups is 1. The Bertz CT molecular complexity index is 743. The van der Waals surface area contributed by atoms with Crippen LogP contribution in [0.15, 0.2) is 36.5 Å². The van der Waals surface area contributed by atoms with E-state index in [4.69, 9.17) is 5.26 Å². The molecule has 1 aromatic carbocycles. The highest BCUT2D eigenvalue weighted by molar-refractivity contribution is 5.92. The van der Waals surface area contributed by atoms with Crippen LogP contribution in [0.25, 0.3) is 0 Å². The van der Waals surface area contributed by atoms with Crippen molar-refractivity contribution in [3.8, 4) is 6.07 Å². The van der Waals surface area contributed by atoms with Gasteiger partial charge in [-0.2, -0.15) is 5.26 Å². The Labute approximate surface area is 133 Å². The number of aromatic nitrogens is 2. The number of nitriles is 1. The summed E-state index contributed by atoms with van der Waals surface area (Å²) >= 11 is 0. The van der Waals surface area contributed by atoms with Crippen LogP contribution in [-0.4, -0.2) is 45.1 Å². The average Bonchev–Trinajstić information content (AvgIpc) is 3.23. The summed E-state index contributed by atoms with van der Waals surface area (Å²) in [6.45, 7) is 1.94. The largest absolute Gasteiger partial charge is 0.411 e. The van der Waals surface area contributed by atoms with Crippen molar-refractivity contribution in [2.45, 2.75) is 19.0 Å². The minimum absolute atomic E-state index is 0.0446. The minimum Gasteiger partial charge on any atom is -0.411 e. The first-order valence-corrected chi connectivity index (χ1v) is 7.43. The molecular weight excluding hydrogens is 294 g/mol. The third-order valence-electron chi connectivity index (χ3n) is 3.99. The highest BCUT2D eigenvalue weighted by Gasteiger charge is 2.29. The van der Waals surface area contributed by atoms with E-state index in [1.54, 1.807) is 23.1 Å². The molecule has 1 fully saturated rings. The van der Waals surface area contributed by atoms with Crippen LogP contribution in [-0.2, 0) is 6.54 Å². The van der Waals surface area contributed by atoms with E-state index in [1.807, 2.05) is 6.07 Å². The van der Waals surface area contributed by atoms with E-state index in [0.717, 1.165) is 18.5 Å². The summed E-state index contributed by atoms with van der Waals surface area (Å²) in [5.41, 5.74) is 1.58. The standard InChI is InChI=1S/C16H17N5O2/c17-9-12-2-1-3-13(8-12)11-20(14-4-6-18-10-14)16(22)15-5-7-19-21(15)23/h1-3,5,7-8,14,18,23H,4,6,10-11H2/t14-/m0/s1. The van der Waals surface area contributed by atoms with Crippen molar-refractivity contribution in [2.75, 3.05) is 13.1 Å².